The Kier molecular flexibility index (Phi) is 9.46. The summed E-state index contributed by atoms with van der Waals surface area (Å²) in [6.45, 7) is 17.7. The monoisotopic (exact) mass is 599 g/mol. The third kappa shape index (κ3) is 6.26. The maximum atomic E-state index is 14.2. The van der Waals surface area contributed by atoms with Crippen LogP contribution in [0.25, 0.3) is 11.1 Å². The van der Waals surface area contributed by atoms with Gasteiger partial charge in [-0.05, 0) is 82.5 Å². The Morgan fingerprint density at radius 1 is 1.02 bits per heavy atom. The number of hydrazine groups is 1. The summed E-state index contributed by atoms with van der Waals surface area (Å²) < 4.78 is 1.68. The number of nitrogens with one attached hydrogen (secondary N) is 1. The van der Waals surface area contributed by atoms with Crippen molar-refractivity contribution in [3.05, 3.63) is 74.8 Å². The predicted molar refractivity (Wildman–Crippen MR) is 179 cm³/mol. The fraction of sp³-hybridized carbons (Fsp3) is 0.514. The van der Waals surface area contributed by atoms with Crippen LogP contribution in [0.15, 0.2) is 41.3 Å². The van der Waals surface area contributed by atoms with E-state index in [1.807, 2.05) is 19.2 Å². The highest BCUT2D eigenvalue weighted by atomic mass is 16.2. The smallest absolute Gasteiger partial charge is 0.255 e. The topological polar surface area (TPSA) is 77.0 Å². The first-order valence-electron chi connectivity index (χ1n) is 16.1. The highest BCUT2D eigenvalue weighted by molar-refractivity contribution is 5.99. The minimum atomic E-state index is -0.0896. The van der Waals surface area contributed by atoms with Gasteiger partial charge in [0.2, 0.25) is 0 Å². The van der Waals surface area contributed by atoms with Gasteiger partial charge in [-0.1, -0.05) is 13.3 Å². The molecule has 0 saturated carbocycles. The van der Waals surface area contributed by atoms with Gasteiger partial charge in [0.25, 0.3) is 11.5 Å². The fourth-order valence-corrected chi connectivity index (χ4v) is 6.45. The van der Waals surface area contributed by atoms with Gasteiger partial charge in [0.05, 0.1) is 12.2 Å². The van der Waals surface area contributed by atoms with Gasteiger partial charge in [0, 0.05) is 93.0 Å². The number of aromatic nitrogens is 2. The summed E-state index contributed by atoms with van der Waals surface area (Å²) in [6.07, 6.45) is 3.67. The Bertz CT molecular complexity index is 1550. The van der Waals surface area contributed by atoms with Crippen molar-refractivity contribution in [3.63, 3.8) is 0 Å². The van der Waals surface area contributed by atoms with E-state index >= 15 is 0 Å². The molecule has 0 aliphatic carbocycles. The Morgan fingerprint density at radius 3 is 2.36 bits per heavy atom. The van der Waals surface area contributed by atoms with E-state index in [-0.39, 0.29) is 24.1 Å². The first kappa shape index (κ1) is 31.7. The molecule has 1 N–H and O–H groups in total. The number of carbonyl (C=O) groups is 1. The van der Waals surface area contributed by atoms with E-state index in [4.69, 9.17) is 4.98 Å². The van der Waals surface area contributed by atoms with Crippen molar-refractivity contribution >= 4 is 17.4 Å². The summed E-state index contributed by atoms with van der Waals surface area (Å²) in [5.74, 6) is 0.899. The van der Waals surface area contributed by atoms with E-state index < -0.39 is 0 Å². The summed E-state index contributed by atoms with van der Waals surface area (Å²) in [5.41, 5.74) is 10.7. The highest BCUT2D eigenvalue weighted by Crippen LogP contribution is 2.36. The van der Waals surface area contributed by atoms with E-state index in [0.717, 1.165) is 78.5 Å². The van der Waals surface area contributed by atoms with E-state index in [2.05, 4.69) is 79.1 Å². The Morgan fingerprint density at radius 2 is 1.75 bits per heavy atom. The maximum absolute atomic E-state index is 14.2. The van der Waals surface area contributed by atoms with Crippen LogP contribution in [0.5, 0.6) is 0 Å². The van der Waals surface area contributed by atoms with Crippen LogP contribution in [0.1, 0.15) is 73.8 Å². The van der Waals surface area contributed by atoms with Crippen LogP contribution in [-0.2, 0) is 26.6 Å². The maximum Gasteiger partial charge on any atom is 0.255 e. The number of fused-ring (bicyclic) bond motifs is 1. The molecule has 2 aliphatic rings. The molecule has 4 heterocycles. The number of hydrogen-bond donors (Lipinski definition) is 1. The molecule has 236 valence electrons. The van der Waals surface area contributed by atoms with Gasteiger partial charge < -0.3 is 19.4 Å². The zero-order valence-electron chi connectivity index (χ0n) is 27.8. The largest absolute Gasteiger partial charge is 0.354 e. The van der Waals surface area contributed by atoms with Gasteiger partial charge in [0.15, 0.2) is 0 Å². The van der Waals surface area contributed by atoms with Gasteiger partial charge >= 0.3 is 0 Å². The standard InChI is InChI=1S/C35H49N7O2/c1-9-10-26-17-25(6)39(8)35(44)31(26)22-38(7)34(43)29-18-28(19-32-30(29)21-37-42(32)24(4)5)27-11-12-33(36-20-27)41-15-13-40(14-16-41)23(2)3/h11-12,17-20,23-24,37H,9-10,13-16,21-22H2,1-8H3. The molecule has 1 aromatic carbocycles. The number of benzene rings is 1. The molecule has 2 aromatic heterocycles. The first-order chi connectivity index (χ1) is 21.0. The molecule has 3 aromatic rings. The van der Waals surface area contributed by atoms with Crippen LogP contribution >= 0.6 is 0 Å². The Labute approximate surface area is 262 Å². The molecule has 2 aliphatic heterocycles. The molecule has 1 fully saturated rings. The molecule has 5 rings (SSSR count). The highest BCUT2D eigenvalue weighted by Gasteiger charge is 2.29. The number of pyridine rings is 2. The van der Waals surface area contributed by atoms with Crippen molar-refractivity contribution in [2.75, 3.05) is 43.1 Å². The normalized spacial score (nSPS) is 15.4. The van der Waals surface area contributed by atoms with Gasteiger partial charge in [-0.15, -0.1) is 0 Å². The van der Waals surface area contributed by atoms with Crippen LogP contribution in [0, 0.1) is 6.92 Å². The molecular formula is C35H49N7O2. The fourth-order valence-electron chi connectivity index (χ4n) is 6.45. The third-order valence-electron chi connectivity index (χ3n) is 9.23. The lowest BCUT2D eigenvalue weighted by molar-refractivity contribution is 0.0783. The van der Waals surface area contributed by atoms with Crippen LogP contribution < -0.4 is 20.9 Å². The van der Waals surface area contributed by atoms with Crippen molar-refractivity contribution in [1.82, 2.24) is 24.8 Å². The average Bonchev–Trinajstić information content (AvgIpc) is 3.46. The number of amides is 1. The molecule has 1 saturated heterocycles. The van der Waals surface area contributed by atoms with Crippen LogP contribution in [-0.4, -0.2) is 70.6 Å². The lowest BCUT2D eigenvalue weighted by atomic mass is 9.97. The van der Waals surface area contributed by atoms with Crippen molar-refractivity contribution in [3.8, 4) is 11.1 Å². The van der Waals surface area contributed by atoms with Crippen molar-refractivity contribution in [2.24, 2.45) is 7.05 Å². The van der Waals surface area contributed by atoms with Crippen LogP contribution in [0.3, 0.4) is 0 Å². The minimum absolute atomic E-state index is 0.0310. The average molecular weight is 600 g/mol. The van der Waals surface area contributed by atoms with Gasteiger partial charge in [-0.3, -0.25) is 14.5 Å². The number of hydrogen-bond acceptors (Lipinski definition) is 7. The number of rotatable bonds is 9. The molecule has 0 spiro atoms. The van der Waals surface area contributed by atoms with E-state index in [1.165, 1.54) is 0 Å². The van der Waals surface area contributed by atoms with Crippen LogP contribution in [0.2, 0.25) is 0 Å². The molecule has 1 amide bonds. The van der Waals surface area contributed by atoms with Gasteiger partial charge in [-0.2, -0.15) is 0 Å². The van der Waals surface area contributed by atoms with Crippen molar-refractivity contribution in [2.45, 2.75) is 79.6 Å². The molecule has 0 bridgehead atoms. The van der Waals surface area contributed by atoms with Gasteiger partial charge in [0.1, 0.15) is 5.82 Å². The molecule has 9 heteroatoms. The number of aryl methyl sites for hydroxylation is 2. The second-order valence-electron chi connectivity index (χ2n) is 12.9. The zero-order chi connectivity index (χ0) is 31.7. The quantitative estimate of drug-likeness (QED) is 0.381. The van der Waals surface area contributed by atoms with Crippen molar-refractivity contribution < 1.29 is 4.79 Å². The number of anilines is 2. The summed E-state index contributed by atoms with van der Waals surface area (Å²) in [6, 6.07) is 11.2. The van der Waals surface area contributed by atoms with E-state index in [9.17, 15) is 9.59 Å². The third-order valence-corrected chi connectivity index (χ3v) is 9.23. The number of carbonyl (C=O) groups excluding carboxylic acids is 1. The number of nitrogens with zero attached hydrogens (tertiary/aromatic N) is 6. The molecule has 0 atom stereocenters. The summed E-state index contributed by atoms with van der Waals surface area (Å²) in [7, 11) is 3.60. The summed E-state index contributed by atoms with van der Waals surface area (Å²) in [4.78, 5) is 38.9. The van der Waals surface area contributed by atoms with Crippen molar-refractivity contribution in [1.29, 1.82) is 0 Å². The summed E-state index contributed by atoms with van der Waals surface area (Å²) in [5, 5.41) is 2.14. The molecule has 9 nitrogen and oxygen atoms in total. The lowest BCUT2D eigenvalue weighted by Gasteiger charge is -2.37. The zero-order valence-corrected chi connectivity index (χ0v) is 27.8. The summed E-state index contributed by atoms with van der Waals surface area (Å²) >= 11 is 0. The SMILES string of the molecule is CCCc1cc(C)n(C)c(=O)c1CN(C)C(=O)c1cc(-c2ccc(N3CCN(C(C)C)CC3)nc2)cc2c1CNN2C(C)C. The second kappa shape index (κ2) is 13.1. The molecule has 0 radical (unpaired) electrons. The Balaban J connectivity index is 1.46. The Hall–Kier alpha value is -3.69. The second-order valence-corrected chi connectivity index (χ2v) is 12.9. The number of piperazine rings is 1. The van der Waals surface area contributed by atoms with E-state index in [0.29, 0.717) is 23.7 Å². The molecular weight excluding hydrogens is 550 g/mol. The van der Waals surface area contributed by atoms with Gasteiger partial charge in [-0.25, -0.2) is 10.4 Å². The van der Waals surface area contributed by atoms with E-state index in [1.54, 1.807) is 23.6 Å². The minimum Gasteiger partial charge on any atom is -0.354 e. The predicted octanol–water partition coefficient (Wildman–Crippen LogP) is 4.74. The first-order valence-corrected chi connectivity index (χ1v) is 16.1. The molecule has 0 unspecified atom stereocenters. The van der Waals surface area contributed by atoms with Crippen LogP contribution in [0.4, 0.5) is 11.5 Å². The lowest BCUT2D eigenvalue weighted by Crippen LogP contribution is -2.49. The molecule has 44 heavy (non-hydrogen) atoms.